The van der Waals surface area contributed by atoms with Crippen molar-refractivity contribution in [1.82, 2.24) is 4.98 Å². The highest BCUT2D eigenvalue weighted by molar-refractivity contribution is 7.92. The fourth-order valence-corrected chi connectivity index (χ4v) is 8.92. The topological polar surface area (TPSA) is 106 Å². The van der Waals surface area contributed by atoms with Gasteiger partial charge in [-0.15, -0.1) is 0 Å². The predicted molar refractivity (Wildman–Crippen MR) is 151 cm³/mol. The minimum Gasteiger partial charge on any atom is -0.387 e. The maximum Gasteiger partial charge on any atom is 0.255 e. The minimum absolute atomic E-state index is 0.0639. The van der Waals surface area contributed by atoms with E-state index in [4.69, 9.17) is 16.3 Å². The molecule has 7 nitrogen and oxygen atoms in total. The maximum absolute atomic E-state index is 13.9. The molecule has 12 heteroatoms. The van der Waals surface area contributed by atoms with Crippen LogP contribution in [0.1, 0.15) is 41.6 Å². The van der Waals surface area contributed by atoms with Crippen LogP contribution in [0.5, 0.6) is 0 Å². The molecule has 5 rings (SSSR count). The number of halogens is 4. The zero-order valence-corrected chi connectivity index (χ0v) is 23.8. The molecule has 0 aliphatic heterocycles. The van der Waals surface area contributed by atoms with Crippen LogP contribution >= 0.6 is 11.6 Å². The second-order valence-electron chi connectivity index (χ2n) is 10.8. The number of fused-ring (bicyclic) bond motifs is 2. The second kappa shape index (κ2) is 12.2. The molecule has 2 fully saturated rings. The van der Waals surface area contributed by atoms with Crippen LogP contribution in [-0.4, -0.2) is 48.5 Å². The van der Waals surface area contributed by atoms with Crippen molar-refractivity contribution in [1.29, 1.82) is 0 Å². The molecule has 1 aromatic heterocycles. The van der Waals surface area contributed by atoms with Gasteiger partial charge in [-0.25, -0.2) is 21.6 Å². The summed E-state index contributed by atoms with van der Waals surface area (Å²) in [6, 6.07) is 8.61. The molecule has 3 aromatic rings. The number of hydrogen-bond donors (Lipinski definition) is 2. The highest BCUT2D eigenvalue weighted by Gasteiger charge is 2.54. The first-order valence-electron chi connectivity index (χ1n) is 13.3. The summed E-state index contributed by atoms with van der Waals surface area (Å²) in [6.07, 6.45) is 8.77. The molecular formula is C30H28ClF3N2O5S. The molecule has 1 amide bonds. The predicted octanol–water partition coefficient (Wildman–Crippen LogP) is 5.83. The molecule has 2 aliphatic rings. The number of anilines is 1. The Hall–Kier alpha value is -3.25. The fourth-order valence-electron chi connectivity index (χ4n) is 6.08. The summed E-state index contributed by atoms with van der Waals surface area (Å²) in [6.45, 7) is 0.345. The van der Waals surface area contributed by atoms with Crippen LogP contribution in [0, 0.1) is 29.3 Å². The largest absolute Gasteiger partial charge is 0.387 e. The normalized spacial score (nSPS) is 23.8. The molecule has 1 heterocycles. The zero-order chi connectivity index (χ0) is 30.1. The third-order valence-corrected chi connectivity index (χ3v) is 10.7. The van der Waals surface area contributed by atoms with Gasteiger partial charge in [0.05, 0.1) is 34.0 Å². The lowest BCUT2D eigenvalue weighted by Gasteiger charge is -2.40. The Morgan fingerprint density at radius 1 is 1.07 bits per heavy atom. The Balaban J connectivity index is 1.27. The number of nitrogens with one attached hydrogen (secondary N) is 1. The number of hydrogen-bond acceptors (Lipinski definition) is 6. The molecular weight excluding hydrogens is 593 g/mol. The van der Waals surface area contributed by atoms with Crippen LogP contribution in [0.15, 0.2) is 65.8 Å². The summed E-state index contributed by atoms with van der Waals surface area (Å²) < 4.78 is 73.9. The molecule has 3 unspecified atom stereocenters. The van der Waals surface area contributed by atoms with Gasteiger partial charge in [-0.1, -0.05) is 23.8 Å². The van der Waals surface area contributed by atoms with Gasteiger partial charge in [-0.2, -0.15) is 0 Å². The van der Waals surface area contributed by atoms with Gasteiger partial charge in [0, 0.05) is 35.8 Å². The Kier molecular flexibility index (Phi) is 8.75. The van der Waals surface area contributed by atoms with E-state index in [2.05, 4.69) is 10.3 Å². The van der Waals surface area contributed by atoms with Crippen molar-refractivity contribution < 1.29 is 36.2 Å². The van der Waals surface area contributed by atoms with Crippen LogP contribution in [0.3, 0.4) is 0 Å². The van der Waals surface area contributed by atoms with Gasteiger partial charge in [0.25, 0.3) is 5.91 Å². The molecule has 42 heavy (non-hydrogen) atoms. The third kappa shape index (κ3) is 6.39. The van der Waals surface area contributed by atoms with E-state index in [0.29, 0.717) is 25.0 Å². The van der Waals surface area contributed by atoms with Crippen molar-refractivity contribution in [3.05, 3.63) is 94.5 Å². The van der Waals surface area contributed by atoms with Crippen molar-refractivity contribution >= 4 is 39.1 Å². The number of aromatic nitrogens is 1. The minimum atomic E-state index is -4.04. The smallest absolute Gasteiger partial charge is 0.255 e. The summed E-state index contributed by atoms with van der Waals surface area (Å²) in [4.78, 5) is 16.5. The van der Waals surface area contributed by atoms with E-state index < -0.39 is 44.0 Å². The van der Waals surface area contributed by atoms with E-state index in [1.165, 1.54) is 12.1 Å². The highest BCUT2D eigenvalue weighted by atomic mass is 35.5. The van der Waals surface area contributed by atoms with E-state index in [-0.39, 0.29) is 59.1 Å². The van der Waals surface area contributed by atoms with Crippen LogP contribution < -0.4 is 5.32 Å². The molecule has 0 radical (unpaired) electrons. The second-order valence-corrected chi connectivity index (χ2v) is 13.3. The Morgan fingerprint density at radius 3 is 2.36 bits per heavy atom. The van der Waals surface area contributed by atoms with E-state index in [1.54, 1.807) is 12.4 Å². The Labute approximate surface area is 246 Å². The van der Waals surface area contributed by atoms with Crippen molar-refractivity contribution in [2.75, 3.05) is 18.5 Å². The number of aliphatic hydroxyl groups is 1. The first-order valence-corrected chi connectivity index (χ1v) is 15.3. The van der Waals surface area contributed by atoms with Gasteiger partial charge in [0.15, 0.2) is 27.3 Å². The van der Waals surface area contributed by atoms with Gasteiger partial charge >= 0.3 is 0 Å². The molecule has 2 aliphatic carbocycles. The molecule has 2 aromatic carbocycles. The number of carbonyl (C=O) groups excluding carboxylic acids is 1. The first-order chi connectivity index (χ1) is 20.0. The molecule has 2 saturated carbocycles. The van der Waals surface area contributed by atoms with Crippen LogP contribution in [-0.2, 0) is 14.6 Å². The zero-order valence-electron chi connectivity index (χ0n) is 22.3. The lowest BCUT2D eigenvalue weighted by atomic mass is 9.77. The lowest BCUT2D eigenvalue weighted by molar-refractivity contribution is -0.0777. The monoisotopic (exact) mass is 620 g/mol. The Morgan fingerprint density at radius 2 is 1.71 bits per heavy atom. The highest BCUT2D eigenvalue weighted by Crippen LogP contribution is 2.51. The summed E-state index contributed by atoms with van der Waals surface area (Å²) in [5.74, 6) is -6.17. The number of ether oxygens (including phenoxy) is 1. The summed E-state index contributed by atoms with van der Waals surface area (Å²) in [7, 11) is -4.04. The maximum atomic E-state index is 13.9. The van der Waals surface area contributed by atoms with E-state index in [9.17, 15) is 31.5 Å². The number of carbonyl (C=O) groups is 1. The molecule has 2 N–H and O–H groups in total. The van der Waals surface area contributed by atoms with Gasteiger partial charge in [-0.3, -0.25) is 9.78 Å². The van der Waals surface area contributed by atoms with E-state index in [0.717, 1.165) is 11.6 Å². The quantitative estimate of drug-likeness (QED) is 0.230. The van der Waals surface area contributed by atoms with Crippen LogP contribution in [0.2, 0.25) is 5.02 Å². The molecule has 0 saturated heterocycles. The summed E-state index contributed by atoms with van der Waals surface area (Å²) in [5.41, 5.74) is -0.658. The van der Waals surface area contributed by atoms with Crippen molar-refractivity contribution in [3.63, 3.8) is 0 Å². The van der Waals surface area contributed by atoms with E-state index >= 15 is 0 Å². The third-order valence-electron chi connectivity index (χ3n) is 7.82. The van der Waals surface area contributed by atoms with Crippen molar-refractivity contribution in [2.45, 2.75) is 41.4 Å². The molecule has 2 bridgehead atoms. The Bertz CT molecular complexity index is 1580. The number of pyridine rings is 1. The van der Waals surface area contributed by atoms with Crippen LogP contribution in [0.4, 0.5) is 18.9 Å². The number of nitrogens with zero attached hydrogens (tertiary/aromatic N) is 1. The van der Waals surface area contributed by atoms with Gasteiger partial charge in [0.1, 0.15) is 0 Å². The van der Waals surface area contributed by atoms with Gasteiger partial charge in [0.2, 0.25) is 0 Å². The average Bonchev–Trinajstić information content (AvgIpc) is 3.25. The van der Waals surface area contributed by atoms with Gasteiger partial charge in [-0.05, 0) is 73.4 Å². The molecule has 222 valence electrons. The fraction of sp³-hybridized carbons (Fsp3) is 0.333. The van der Waals surface area contributed by atoms with Crippen molar-refractivity contribution in [3.8, 4) is 0 Å². The van der Waals surface area contributed by atoms with Crippen LogP contribution in [0.25, 0.3) is 6.08 Å². The number of benzene rings is 2. The number of sulfone groups is 1. The molecule has 0 spiro atoms. The SMILES string of the molecule is O=C(Nc1cc(F)c(F)c(F)c1)c1ccc(Cl)c(S(=O)(=O)C2C3CC[C@H]2CC(O)(COC/C=C/c2ccncc2)C3)c1. The van der Waals surface area contributed by atoms with Crippen molar-refractivity contribution in [2.24, 2.45) is 11.8 Å². The summed E-state index contributed by atoms with van der Waals surface area (Å²) >= 11 is 6.31. The van der Waals surface area contributed by atoms with Gasteiger partial charge < -0.3 is 15.2 Å². The summed E-state index contributed by atoms with van der Waals surface area (Å²) in [5, 5.41) is 12.6. The number of rotatable bonds is 9. The average molecular weight is 621 g/mol. The standard InChI is InChI=1S/C30H28ClF3N2O5S/c31-23-6-5-19(29(37)36-22-13-24(32)27(34)25(33)14-22)12-26(23)42(39,40)28-20-3-4-21(28)16-30(38,15-20)17-41-11-1-2-18-7-9-35-10-8-18/h1-2,5-10,12-14,20-21,28,38H,3-4,11,15-17H2,(H,36,37)/b2-1+/t20-,21?,28?,30?/m0/s1. The number of amides is 1. The first kappa shape index (κ1) is 30.2. The lowest BCUT2D eigenvalue weighted by Crippen LogP contribution is -2.48. The molecule has 4 atom stereocenters. The van der Waals surface area contributed by atoms with E-state index in [1.807, 2.05) is 24.3 Å².